The van der Waals surface area contributed by atoms with Gasteiger partial charge in [-0.3, -0.25) is 9.59 Å². The molecule has 1 unspecified atom stereocenters. The number of carbonyl (C=O) groups is 2. The molecule has 4 aromatic rings. The average molecular weight is 627 g/mol. The van der Waals surface area contributed by atoms with Crippen LogP contribution in [-0.4, -0.2) is 26.2 Å². The lowest BCUT2D eigenvalue weighted by Crippen LogP contribution is -2.42. The summed E-state index contributed by atoms with van der Waals surface area (Å²) in [5, 5.41) is 1.15. The largest absolute Gasteiger partial charge is 0.481 e. The molecule has 0 spiro atoms. The number of esters is 2. The van der Waals surface area contributed by atoms with Crippen molar-refractivity contribution >= 4 is 41.2 Å². The van der Waals surface area contributed by atoms with E-state index in [1.807, 2.05) is 36.4 Å². The molecule has 1 atom stereocenters. The van der Waals surface area contributed by atoms with E-state index in [-0.39, 0.29) is 18.7 Å². The first-order valence-electron chi connectivity index (χ1n) is 13.8. The molecule has 0 bridgehead atoms. The quantitative estimate of drug-likeness (QED) is 0.131. The molecule has 44 heavy (non-hydrogen) atoms. The van der Waals surface area contributed by atoms with Crippen LogP contribution in [0.25, 0.3) is 17.2 Å². The Morgan fingerprint density at radius 2 is 1.43 bits per heavy atom. The fourth-order valence-corrected chi connectivity index (χ4v) is 6.11. The Morgan fingerprint density at radius 3 is 2.05 bits per heavy atom. The number of hydrogen-bond acceptors (Lipinski definition) is 5. The number of fused-ring (bicyclic) bond motifs is 3. The second-order valence-electron chi connectivity index (χ2n) is 10.6. The van der Waals surface area contributed by atoms with E-state index in [0.717, 1.165) is 27.8 Å². The Balaban J connectivity index is 1.63. The molecule has 6 rings (SSSR count). The Morgan fingerprint density at radius 1 is 0.841 bits per heavy atom. The van der Waals surface area contributed by atoms with Gasteiger partial charge in [0.05, 0.1) is 14.2 Å². The predicted molar refractivity (Wildman–Crippen MR) is 167 cm³/mol. The smallest absolute Gasteiger partial charge is 0.323 e. The molecule has 4 aromatic carbocycles. The Bertz CT molecular complexity index is 1850. The van der Waals surface area contributed by atoms with E-state index in [2.05, 4.69) is 11.8 Å². The van der Waals surface area contributed by atoms with Crippen LogP contribution < -0.4 is 4.74 Å². The SMILES string of the molecule is COC(=O)C1(C(=O)OC)Cc2c(C#Cc3ccc(Cl)cc3)c(-c3ccc(Cl)cc3)c3c(c2C1)OC(c1ccc(F)cc1)C=C3. The molecule has 0 saturated heterocycles. The van der Waals surface area contributed by atoms with Crippen molar-refractivity contribution in [2.24, 2.45) is 5.41 Å². The summed E-state index contributed by atoms with van der Waals surface area (Å²) in [6, 6.07) is 20.6. The van der Waals surface area contributed by atoms with Crippen LogP contribution in [0, 0.1) is 23.1 Å². The maximum atomic E-state index is 13.7. The van der Waals surface area contributed by atoms with Crippen LogP contribution >= 0.6 is 23.2 Å². The van der Waals surface area contributed by atoms with Crippen molar-refractivity contribution in [1.82, 2.24) is 0 Å². The Hall–Kier alpha value is -4.57. The molecule has 1 aliphatic carbocycles. The molecule has 1 aliphatic heterocycles. The lowest BCUT2D eigenvalue weighted by molar-refractivity contribution is -0.168. The lowest BCUT2D eigenvalue weighted by Gasteiger charge is -2.27. The van der Waals surface area contributed by atoms with Gasteiger partial charge in [-0.1, -0.05) is 65.4 Å². The summed E-state index contributed by atoms with van der Waals surface area (Å²) in [5.41, 5.74) is 4.12. The molecule has 5 nitrogen and oxygen atoms in total. The summed E-state index contributed by atoms with van der Waals surface area (Å²) in [4.78, 5) is 26.7. The second-order valence-corrected chi connectivity index (χ2v) is 11.5. The number of benzene rings is 4. The highest BCUT2D eigenvalue weighted by Gasteiger charge is 2.55. The van der Waals surface area contributed by atoms with E-state index in [4.69, 9.17) is 37.4 Å². The van der Waals surface area contributed by atoms with Gasteiger partial charge >= 0.3 is 11.9 Å². The topological polar surface area (TPSA) is 61.8 Å². The van der Waals surface area contributed by atoms with Gasteiger partial charge in [-0.05, 0) is 71.3 Å². The summed E-state index contributed by atoms with van der Waals surface area (Å²) in [6.45, 7) is 0. The van der Waals surface area contributed by atoms with Crippen LogP contribution in [-0.2, 0) is 31.9 Å². The van der Waals surface area contributed by atoms with Crippen molar-refractivity contribution in [3.63, 3.8) is 0 Å². The van der Waals surface area contributed by atoms with Gasteiger partial charge in [0.2, 0.25) is 0 Å². The fraction of sp³-hybridized carbons (Fsp3) is 0.167. The number of carbonyl (C=O) groups excluding carboxylic acids is 2. The fourth-order valence-electron chi connectivity index (χ4n) is 5.86. The zero-order chi connectivity index (χ0) is 31.0. The first kappa shape index (κ1) is 29.5. The zero-order valence-corrected chi connectivity index (χ0v) is 25.3. The molecule has 0 radical (unpaired) electrons. The van der Waals surface area contributed by atoms with Crippen molar-refractivity contribution in [3.8, 4) is 28.7 Å². The Labute approximate surface area is 264 Å². The second kappa shape index (κ2) is 11.8. The molecule has 0 saturated carbocycles. The highest BCUT2D eigenvalue weighted by Crippen LogP contribution is 2.52. The maximum absolute atomic E-state index is 13.7. The molecule has 0 N–H and O–H groups in total. The highest BCUT2D eigenvalue weighted by molar-refractivity contribution is 6.30. The number of rotatable bonds is 4. The first-order valence-corrected chi connectivity index (χ1v) is 14.5. The van der Waals surface area contributed by atoms with Gasteiger partial charge in [0.15, 0.2) is 5.41 Å². The summed E-state index contributed by atoms with van der Waals surface area (Å²) >= 11 is 12.4. The lowest BCUT2D eigenvalue weighted by atomic mass is 9.84. The molecule has 0 aromatic heterocycles. The van der Waals surface area contributed by atoms with Gasteiger partial charge in [0.1, 0.15) is 17.7 Å². The predicted octanol–water partition coefficient (Wildman–Crippen LogP) is 7.78. The van der Waals surface area contributed by atoms with Gasteiger partial charge in [-0.15, -0.1) is 0 Å². The summed E-state index contributed by atoms with van der Waals surface area (Å²) in [5.74, 6) is 5.32. The number of halogens is 3. The van der Waals surface area contributed by atoms with Crippen LogP contribution in [0.2, 0.25) is 10.0 Å². The van der Waals surface area contributed by atoms with Crippen molar-refractivity contribution < 1.29 is 28.2 Å². The molecule has 0 amide bonds. The standard InChI is InChI=1S/C36H25Cl2FO5/c1-42-34(40)36(35(41)43-2)19-29-27(16-5-21-3-10-24(37)11-4-21)32(23-6-12-25(38)13-7-23)28-17-18-31(44-33(28)30(29)20-36)22-8-14-26(39)15-9-22/h3-4,6-15,17-18,31H,19-20H2,1-2H3. The van der Waals surface area contributed by atoms with Crippen molar-refractivity contribution in [2.75, 3.05) is 14.2 Å². The summed E-state index contributed by atoms with van der Waals surface area (Å²) in [6.07, 6.45) is 3.28. The van der Waals surface area contributed by atoms with E-state index < -0.39 is 23.5 Å². The van der Waals surface area contributed by atoms with Crippen LogP contribution in [0.5, 0.6) is 5.75 Å². The van der Waals surface area contributed by atoms with Crippen LogP contribution in [0.1, 0.15) is 39.5 Å². The number of hydrogen-bond donors (Lipinski definition) is 0. The monoisotopic (exact) mass is 626 g/mol. The highest BCUT2D eigenvalue weighted by atomic mass is 35.5. The zero-order valence-electron chi connectivity index (χ0n) is 23.7. The molecular weight excluding hydrogens is 602 g/mol. The minimum atomic E-state index is -1.63. The van der Waals surface area contributed by atoms with Gasteiger partial charge in [-0.2, -0.15) is 0 Å². The summed E-state index contributed by atoms with van der Waals surface area (Å²) in [7, 11) is 2.49. The first-order chi connectivity index (χ1) is 21.2. The third-order valence-corrected chi connectivity index (χ3v) is 8.51. The maximum Gasteiger partial charge on any atom is 0.323 e. The van der Waals surface area contributed by atoms with Gasteiger partial charge in [0.25, 0.3) is 0 Å². The van der Waals surface area contributed by atoms with Crippen LogP contribution in [0.15, 0.2) is 78.9 Å². The van der Waals surface area contributed by atoms with Gasteiger partial charge < -0.3 is 14.2 Å². The minimum Gasteiger partial charge on any atom is -0.481 e. The van der Waals surface area contributed by atoms with E-state index in [9.17, 15) is 14.0 Å². The molecule has 8 heteroatoms. The van der Waals surface area contributed by atoms with E-state index in [0.29, 0.717) is 32.5 Å². The van der Waals surface area contributed by atoms with Gasteiger partial charge in [-0.25, -0.2) is 4.39 Å². The molecule has 0 fully saturated rings. The Kier molecular flexibility index (Phi) is 7.94. The number of methoxy groups -OCH3 is 2. The minimum absolute atomic E-state index is 0.00549. The third kappa shape index (κ3) is 5.23. The van der Waals surface area contributed by atoms with Crippen molar-refractivity contribution in [2.45, 2.75) is 18.9 Å². The van der Waals surface area contributed by atoms with E-state index in [1.165, 1.54) is 26.4 Å². The van der Waals surface area contributed by atoms with Gasteiger partial charge in [0, 0.05) is 50.7 Å². The normalized spacial score (nSPS) is 15.7. The van der Waals surface area contributed by atoms with Crippen molar-refractivity contribution in [3.05, 3.63) is 128 Å². The van der Waals surface area contributed by atoms with Crippen LogP contribution in [0.3, 0.4) is 0 Å². The average Bonchev–Trinajstić information content (AvgIpc) is 3.46. The van der Waals surface area contributed by atoms with Crippen LogP contribution in [0.4, 0.5) is 4.39 Å². The van der Waals surface area contributed by atoms with Crippen molar-refractivity contribution in [1.29, 1.82) is 0 Å². The summed E-state index contributed by atoms with van der Waals surface area (Å²) < 4.78 is 30.7. The molecular formula is C36H25Cl2FO5. The van der Waals surface area contributed by atoms with E-state index in [1.54, 1.807) is 36.4 Å². The third-order valence-electron chi connectivity index (χ3n) is 8.00. The molecule has 220 valence electrons. The number of ether oxygens (including phenoxy) is 3. The molecule has 2 aliphatic rings. The van der Waals surface area contributed by atoms with E-state index >= 15 is 0 Å². The molecule has 1 heterocycles.